The molecule has 2 aromatic carbocycles. The van der Waals surface area contributed by atoms with Gasteiger partial charge in [0, 0.05) is 30.4 Å². The van der Waals surface area contributed by atoms with E-state index < -0.39 is 58.0 Å². The van der Waals surface area contributed by atoms with Gasteiger partial charge in [0.15, 0.2) is 11.6 Å². The number of carbonyl (C=O) groups excluding carboxylic acids is 1. The molecule has 11 heteroatoms. The number of hydrogen-bond acceptors (Lipinski definition) is 4. The third-order valence-corrected chi connectivity index (χ3v) is 6.26. The van der Waals surface area contributed by atoms with Crippen LogP contribution in [0.3, 0.4) is 0 Å². The van der Waals surface area contributed by atoms with Crippen molar-refractivity contribution in [1.29, 1.82) is 0 Å². The smallest absolute Gasteiger partial charge is 0.255 e. The predicted octanol–water partition coefficient (Wildman–Crippen LogP) is 2.57. The zero-order chi connectivity index (χ0) is 20.6. The molecule has 1 aliphatic rings. The molecular weight excluding hydrogens is 421 g/mol. The Balaban J connectivity index is 1.84. The van der Waals surface area contributed by atoms with Crippen LogP contribution in [0.1, 0.15) is 10.4 Å². The van der Waals surface area contributed by atoms with Gasteiger partial charge in [-0.15, -0.1) is 0 Å². The standard InChI is InChI=1S/C17H14ClF3N2O4S/c18-12-5-10(6-13(19)16(12)21)22-17(25)9-2-1-3-11(4-9)28(26,27)23-7-14(20)15(24)8-23/h1-6,14-15,24H,7-8H2,(H,22,25). The van der Waals surface area contributed by atoms with Crippen molar-refractivity contribution in [3.63, 3.8) is 0 Å². The largest absolute Gasteiger partial charge is 0.389 e. The van der Waals surface area contributed by atoms with Gasteiger partial charge in [0.2, 0.25) is 10.0 Å². The van der Waals surface area contributed by atoms with Crippen LogP contribution in [0, 0.1) is 11.6 Å². The van der Waals surface area contributed by atoms with E-state index in [1.165, 1.54) is 18.2 Å². The Kier molecular flexibility index (Phi) is 5.67. The Morgan fingerprint density at radius 2 is 1.93 bits per heavy atom. The number of aliphatic hydroxyl groups excluding tert-OH is 1. The van der Waals surface area contributed by atoms with Gasteiger partial charge in [-0.3, -0.25) is 4.79 Å². The molecule has 1 saturated heterocycles. The minimum atomic E-state index is -4.13. The first kappa shape index (κ1) is 20.6. The second-order valence-corrected chi connectivity index (χ2v) is 8.49. The van der Waals surface area contributed by atoms with E-state index >= 15 is 0 Å². The molecule has 2 aromatic rings. The summed E-state index contributed by atoms with van der Waals surface area (Å²) >= 11 is 5.53. The maximum atomic E-state index is 13.5. The molecule has 2 N–H and O–H groups in total. The zero-order valence-corrected chi connectivity index (χ0v) is 15.6. The molecule has 0 saturated carbocycles. The molecule has 0 spiro atoms. The lowest BCUT2D eigenvalue weighted by Crippen LogP contribution is -2.30. The first-order chi connectivity index (χ1) is 13.1. The lowest BCUT2D eigenvalue weighted by atomic mass is 10.2. The number of hydrogen-bond donors (Lipinski definition) is 2. The third-order valence-electron chi connectivity index (χ3n) is 4.16. The van der Waals surface area contributed by atoms with Crippen molar-refractivity contribution < 1.29 is 31.5 Å². The lowest BCUT2D eigenvalue weighted by Gasteiger charge is -2.16. The number of β-amino-alcohol motifs (C(OH)–C–C–N with tert-alkyl or cyclic N) is 1. The summed E-state index contributed by atoms with van der Waals surface area (Å²) in [7, 11) is -4.13. The summed E-state index contributed by atoms with van der Waals surface area (Å²) in [6.45, 7) is -0.888. The molecule has 0 bridgehead atoms. The van der Waals surface area contributed by atoms with E-state index in [1.54, 1.807) is 0 Å². The van der Waals surface area contributed by atoms with E-state index in [0.29, 0.717) is 0 Å². The van der Waals surface area contributed by atoms with Crippen LogP contribution < -0.4 is 5.32 Å². The molecule has 0 radical (unpaired) electrons. The van der Waals surface area contributed by atoms with E-state index in [-0.39, 0.29) is 16.1 Å². The Hall–Kier alpha value is -2.14. The number of halogens is 4. The van der Waals surface area contributed by atoms with E-state index in [0.717, 1.165) is 22.5 Å². The maximum absolute atomic E-state index is 13.5. The van der Waals surface area contributed by atoms with Crippen LogP contribution in [0.5, 0.6) is 0 Å². The number of anilines is 1. The summed E-state index contributed by atoms with van der Waals surface area (Å²) in [5.41, 5.74) is -0.205. The van der Waals surface area contributed by atoms with E-state index in [4.69, 9.17) is 11.6 Å². The lowest BCUT2D eigenvalue weighted by molar-refractivity contribution is 0.102. The van der Waals surface area contributed by atoms with Crippen molar-refractivity contribution in [3.05, 3.63) is 58.6 Å². The van der Waals surface area contributed by atoms with Crippen LogP contribution >= 0.6 is 11.6 Å². The Bertz CT molecular complexity index is 1000. The molecule has 6 nitrogen and oxygen atoms in total. The summed E-state index contributed by atoms with van der Waals surface area (Å²) in [5.74, 6) is -3.30. The number of benzene rings is 2. The number of carbonyl (C=O) groups is 1. The monoisotopic (exact) mass is 434 g/mol. The van der Waals surface area contributed by atoms with Crippen molar-refractivity contribution in [1.82, 2.24) is 4.31 Å². The van der Waals surface area contributed by atoms with Gasteiger partial charge in [-0.05, 0) is 24.3 Å². The first-order valence-electron chi connectivity index (χ1n) is 7.98. The van der Waals surface area contributed by atoms with Gasteiger partial charge in [0.05, 0.1) is 9.92 Å². The molecule has 1 aliphatic heterocycles. The summed E-state index contributed by atoms with van der Waals surface area (Å²) in [4.78, 5) is 12.1. The highest BCUT2D eigenvalue weighted by Gasteiger charge is 2.38. The van der Waals surface area contributed by atoms with Crippen LogP contribution in [0.15, 0.2) is 41.3 Å². The molecule has 28 heavy (non-hydrogen) atoms. The first-order valence-corrected chi connectivity index (χ1v) is 9.79. The molecule has 2 unspecified atom stereocenters. The fourth-order valence-corrected chi connectivity index (χ4v) is 4.41. The van der Waals surface area contributed by atoms with Crippen LogP contribution in [-0.2, 0) is 10.0 Å². The number of alkyl halides is 1. The number of amides is 1. The highest BCUT2D eigenvalue weighted by atomic mass is 35.5. The molecule has 0 aliphatic carbocycles. The van der Waals surface area contributed by atoms with Gasteiger partial charge < -0.3 is 10.4 Å². The molecule has 1 amide bonds. The minimum absolute atomic E-state index is 0.0847. The molecule has 0 aromatic heterocycles. The average molecular weight is 435 g/mol. The molecule has 150 valence electrons. The SMILES string of the molecule is O=C(Nc1cc(F)c(F)c(Cl)c1)c1cccc(S(=O)(=O)N2CC(O)C(F)C2)c1. The van der Waals surface area contributed by atoms with Gasteiger partial charge in [-0.25, -0.2) is 21.6 Å². The Morgan fingerprint density at radius 1 is 1.21 bits per heavy atom. The molecular formula is C17H14ClF3N2O4S. The quantitative estimate of drug-likeness (QED) is 0.724. The number of aliphatic hydroxyl groups is 1. The summed E-state index contributed by atoms with van der Waals surface area (Å²) in [5, 5.41) is 11.2. The van der Waals surface area contributed by atoms with Gasteiger partial charge in [0.25, 0.3) is 5.91 Å². The second-order valence-electron chi connectivity index (χ2n) is 6.14. The van der Waals surface area contributed by atoms with Crippen molar-refractivity contribution in [2.45, 2.75) is 17.2 Å². The topological polar surface area (TPSA) is 86.7 Å². The zero-order valence-electron chi connectivity index (χ0n) is 14.1. The third kappa shape index (κ3) is 4.00. The van der Waals surface area contributed by atoms with Crippen molar-refractivity contribution in [2.75, 3.05) is 18.4 Å². The summed E-state index contributed by atoms with van der Waals surface area (Å²) in [6, 6.07) is 6.63. The number of sulfonamides is 1. The highest BCUT2D eigenvalue weighted by molar-refractivity contribution is 7.89. The van der Waals surface area contributed by atoms with Gasteiger partial charge in [-0.2, -0.15) is 4.31 Å². The fraction of sp³-hybridized carbons (Fsp3) is 0.235. The van der Waals surface area contributed by atoms with E-state index in [9.17, 15) is 31.5 Å². The fourth-order valence-electron chi connectivity index (χ4n) is 2.69. The van der Waals surface area contributed by atoms with Crippen LogP contribution in [-0.4, -0.2) is 49.1 Å². The summed E-state index contributed by atoms with van der Waals surface area (Å²) in [6.07, 6.45) is -3.11. The minimum Gasteiger partial charge on any atom is -0.389 e. The average Bonchev–Trinajstić information content (AvgIpc) is 2.99. The molecule has 1 fully saturated rings. The predicted molar refractivity (Wildman–Crippen MR) is 95.4 cm³/mol. The second kappa shape index (κ2) is 7.70. The molecule has 2 atom stereocenters. The highest BCUT2D eigenvalue weighted by Crippen LogP contribution is 2.25. The van der Waals surface area contributed by atoms with Crippen LogP contribution in [0.4, 0.5) is 18.9 Å². The van der Waals surface area contributed by atoms with Gasteiger partial charge in [-0.1, -0.05) is 17.7 Å². The van der Waals surface area contributed by atoms with Crippen LogP contribution in [0.2, 0.25) is 5.02 Å². The van der Waals surface area contributed by atoms with Crippen molar-refractivity contribution in [3.8, 4) is 0 Å². The van der Waals surface area contributed by atoms with Gasteiger partial charge >= 0.3 is 0 Å². The van der Waals surface area contributed by atoms with Crippen molar-refractivity contribution in [2.24, 2.45) is 0 Å². The maximum Gasteiger partial charge on any atom is 0.255 e. The number of nitrogens with zero attached hydrogens (tertiary/aromatic N) is 1. The van der Waals surface area contributed by atoms with Gasteiger partial charge in [0.1, 0.15) is 12.3 Å². The summed E-state index contributed by atoms with van der Waals surface area (Å²) < 4.78 is 66.1. The van der Waals surface area contributed by atoms with E-state index in [2.05, 4.69) is 5.32 Å². The normalized spacial score (nSPS) is 20.3. The Labute approximate surface area is 163 Å². The van der Waals surface area contributed by atoms with Crippen LogP contribution in [0.25, 0.3) is 0 Å². The number of nitrogens with one attached hydrogen (secondary N) is 1. The Morgan fingerprint density at radius 3 is 2.54 bits per heavy atom. The number of rotatable bonds is 4. The molecule has 1 heterocycles. The van der Waals surface area contributed by atoms with E-state index in [1.807, 2.05) is 0 Å². The van der Waals surface area contributed by atoms with Crippen molar-refractivity contribution >= 4 is 33.2 Å². The molecule has 3 rings (SSSR count).